The molecule has 2 aromatic carbocycles. The molecule has 0 amide bonds. The molecule has 0 saturated carbocycles. The van der Waals surface area contributed by atoms with Crippen molar-refractivity contribution in [2.45, 2.75) is 19.0 Å². The lowest BCUT2D eigenvalue weighted by Crippen LogP contribution is -2.17. The van der Waals surface area contributed by atoms with E-state index in [0.29, 0.717) is 21.8 Å². The average Bonchev–Trinajstić information content (AvgIpc) is 3.01. The van der Waals surface area contributed by atoms with Gasteiger partial charge in [0.05, 0.1) is 16.3 Å². The van der Waals surface area contributed by atoms with Gasteiger partial charge in [0.1, 0.15) is 5.75 Å². The molecule has 0 unspecified atom stereocenters. The first kappa shape index (κ1) is 19.2. The summed E-state index contributed by atoms with van der Waals surface area (Å²) in [4.78, 5) is 4.31. The van der Waals surface area contributed by atoms with Gasteiger partial charge in [-0.05, 0) is 23.8 Å². The van der Waals surface area contributed by atoms with E-state index in [1.165, 1.54) is 35.6 Å². The first-order valence-electron chi connectivity index (χ1n) is 7.57. The van der Waals surface area contributed by atoms with Crippen LogP contribution in [0.15, 0.2) is 53.9 Å². The summed E-state index contributed by atoms with van der Waals surface area (Å²) in [5.41, 5.74) is 0.548. The summed E-state index contributed by atoms with van der Waals surface area (Å²) in [7, 11) is 0. The van der Waals surface area contributed by atoms with E-state index in [2.05, 4.69) is 9.72 Å². The van der Waals surface area contributed by atoms with Gasteiger partial charge in [-0.15, -0.1) is 24.5 Å². The third-order valence-electron chi connectivity index (χ3n) is 3.52. The molecule has 3 aromatic rings. The van der Waals surface area contributed by atoms with Crippen molar-refractivity contribution in [3.63, 3.8) is 0 Å². The van der Waals surface area contributed by atoms with Crippen molar-refractivity contribution in [1.82, 2.24) is 4.98 Å². The zero-order valence-corrected chi connectivity index (χ0v) is 14.3. The lowest BCUT2D eigenvalue weighted by Gasteiger charge is -2.09. The number of ether oxygens (including phenoxy) is 1. The quantitative estimate of drug-likeness (QED) is 0.476. The van der Waals surface area contributed by atoms with Crippen LogP contribution in [-0.4, -0.2) is 11.3 Å². The Morgan fingerprint density at radius 2 is 1.67 bits per heavy atom. The van der Waals surface area contributed by atoms with Crippen LogP contribution in [0.4, 0.5) is 26.3 Å². The molecule has 0 aliphatic carbocycles. The van der Waals surface area contributed by atoms with E-state index in [0.717, 1.165) is 12.1 Å². The fraction of sp³-hybridized carbons (Fsp3) is 0.167. The summed E-state index contributed by atoms with van der Waals surface area (Å²) < 4.78 is 79.2. The highest BCUT2D eigenvalue weighted by molar-refractivity contribution is 7.10. The van der Waals surface area contributed by atoms with E-state index in [-0.39, 0.29) is 12.2 Å². The first-order valence-corrected chi connectivity index (χ1v) is 8.45. The standard InChI is InChI=1S/C18H11F6NOS/c19-17(20,21)13-5-1-3-11(7-13)8-16-25-15(10-27-16)12-4-2-6-14(9-12)26-18(22,23)24/h1-7,9-10H,8H2. The van der Waals surface area contributed by atoms with Crippen molar-refractivity contribution in [3.05, 3.63) is 70.0 Å². The van der Waals surface area contributed by atoms with Crippen LogP contribution in [-0.2, 0) is 12.6 Å². The maximum Gasteiger partial charge on any atom is 0.573 e. The summed E-state index contributed by atoms with van der Waals surface area (Å²) in [6.07, 6.45) is -9.04. The molecule has 142 valence electrons. The molecule has 0 aliphatic heterocycles. The van der Waals surface area contributed by atoms with Crippen molar-refractivity contribution in [2.24, 2.45) is 0 Å². The van der Waals surface area contributed by atoms with Crippen LogP contribution in [0.1, 0.15) is 16.1 Å². The Hall–Kier alpha value is -2.55. The highest BCUT2D eigenvalue weighted by Gasteiger charge is 2.31. The van der Waals surface area contributed by atoms with Gasteiger partial charge in [-0.2, -0.15) is 13.2 Å². The number of nitrogens with zero attached hydrogens (tertiary/aromatic N) is 1. The Balaban J connectivity index is 1.79. The van der Waals surface area contributed by atoms with Gasteiger partial charge < -0.3 is 4.74 Å². The van der Waals surface area contributed by atoms with Gasteiger partial charge in [-0.25, -0.2) is 4.98 Å². The molecule has 9 heteroatoms. The maximum atomic E-state index is 12.8. The molecule has 1 aromatic heterocycles. The lowest BCUT2D eigenvalue weighted by molar-refractivity contribution is -0.274. The van der Waals surface area contributed by atoms with Crippen LogP contribution in [0.2, 0.25) is 0 Å². The largest absolute Gasteiger partial charge is 0.573 e. The van der Waals surface area contributed by atoms with Crippen LogP contribution < -0.4 is 4.74 Å². The Kier molecular flexibility index (Phi) is 5.14. The van der Waals surface area contributed by atoms with E-state index < -0.39 is 18.1 Å². The Morgan fingerprint density at radius 3 is 2.37 bits per heavy atom. The van der Waals surface area contributed by atoms with Crippen LogP contribution in [0.25, 0.3) is 11.3 Å². The van der Waals surface area contributed by atoms with Crippen LogP contribution in [0, 0.1) is 0 Å². The summed E-state index contributed by atoms with van der Waals surface area (Å²) >= 11 is 1.22. The topological polar surface area (TPSA) is 22.1 Å². The van der Waals surface area contributed by atoms with E-state index in [1.54, 1.807) is 17.5 Å². The van der Waals surface area contributed by atoms with Gasteiger partial charge in [0, 0.05) is 17.4 Å². The zero-order valence-electron chi connectivity index (χ0n) is 13.4. The van der Waals surface area contributed by atoms with Crippen LogP contribution in [0.3, 0.4) is 0 Å². The average molecular weight is 403 g/mol. The molecular formula is C18H11F6NOS. The monoisotopic (exact) mass is 403 g/mol. The van der Waals surface area contributed by atoms with E-state index in [1.807, 2.05) is 0 Å². The summed E-state index contributed by atoms with van der Waals surface area (Å²) in [6, 6.07) is 10.3. The second-order valence-corrected chi connectivity index (χ2v) is 6.52. The molecule has 1 heterocycles. The number of rotatable bonds is 4. The zero-order chi connectivity index (χ0) is 19.7. The molecule has 0 N–H and O–H groups in total. The van der Waals surface area contributed by atoms with E-state index >= 15 is 0 Å². The second kappa shape index (κ2) is 7.22. The number of benzene rings is 2. The fourth-order valence-electron chi connectivity index (χ4n) is 2.41. The highest BCUT2D eigenvalue weighted by Crippen LogP contribution is 2.31. The minimum atomic E-state index is -4.80. The summed E-state index contributed by atoms with van der Waals surface area (Å²) in [6.45, 7) is 0. The highest BCUT2D eigenvalue weighted by atomic mass is 32.1. The third kappa shape index (κ3) is 5.22. The maximum absolute atomic E-state index is 12.8. The molecule has 0 spiro atoms. The van der Waals surface area contributed by atoms with Gasteiger partial charge in [-0.1, -0.05) is 30.3 Å². The van der Waals surface area contributed by atoms with Gasteiger partial charge in [0.2, 0.25) is 0 Å². The number of alkyl halides is 6. The molecule has 0 fully saturated rings. The Bertz CT molecular complexity index is 932. The van der Waals surface area contributed by atoms with Gasteiger partial charge in [0.15, 0.2) is 0 Å². The van der Waals surface area contributed by atoms with Crippen LogP contribution >= 0.6 is 11.3 Å². The fourth-order valence-corrected chi connectivity index (χ4v) is 3.25. The molecule has 2 nitrogen and oxygen atoms in total. The molecule has 0 bridgehead atoms. The lowest BCUT2D eigenvalue weighted by atomic mass is 10.1. The number of thiazole rings is 1. The molecule has 0 aliphatic rings. The van der Waals surface area contributed by atoms with Crippen molar-refractivity contribution in [1.29, 1.82) is 0 Å². The molecule has 0 saturated heterocycles. The van der Waals surface area contributed by atoms with Gasteiger partial charge >= 0.3 is 12.5 Å². The molecular weight excluding hydrogens is 392 g/mol. The molecule has 27 heavy (non-hydrogen) atoms. The first-order chi connectivity index (χ1) is 12.6. The van der Waals surface area contributed by atoms with Crippen molar-refractivity contribution >= 4 is 11.3 Å². The van der Waals surface area contributed by atoms with Crippen molar-refractivity contribution in [3.8, 4) is 17.0 Å². The second-order valence-electron chi connectivity index (χ2n) is 5.58. The number of aromatic nitrogens is 1. The molecule has 0 atom stereocenters. The third-order valence-corrected chi connectivity index (χ3v) is 4.37. The smallest absolute Gasteiger partial charge is 0.406 e. The van der Waals surface area contributed by atoms with Crippen LogP contribution in [0.5, 0.6) is 5.75 Å². The minimum absolute atomic E-state index is 0.188. The molecule has 3 rings (SSSR count). The Labute approximate surface area is 154 Å². The molecule has 0 radical (unpaired) electrons. The normalized spacial score (nSPS) is 12.2. The van der Waals surface area contributed by atoms with Crippen molar-refractivity contribution in [2.75, 3.05) is 0 Å². The van der Waals surface area contributed by atoms with Gasteiger partial charge in [0.25, 0.3) is 0 Å². The number of halogens is 6. The summed E-state index contributed by atoms with van der Waals surface area (Å²) in [5, 5.41) is 2.18. The number of hydrogen-bond acceptors (Lipinski definition) is 3. The predicted molar refractivity (Wildman–Crippen MR) is 88.5 cm³/mol. The SMILES string of the molecule is FC(F)(F)Oc1cccc(-c2csc(Cc3cccc(C(F)(F)F)c3)n2)c1. The minimum Gasteiger partial charge on any atom is -0.406 e. The van der Waals surface area contributed by atoms with E-state index in [9.17, 15) is 26.3 Å². The van der Waals surface area contributed by atoms with E-state index in [4.69, 9.17) is 0 Å². The van der Waals surface area contributed by atoms with Crippen molar-refractivity contribution < 1.29 is 31.1 Å². The predicted octanol–water partition coefficient (Wildman–Crippen LogP) is 6.32. The van der Waals surface area contributed by atoms with Gasteiger partial charge in [-0.3, -0.25) is 0 Å². The Morgan fingerprint density at radius 1 is 0.926 bits per heavy atom. The number of hydrogen-bond donors (Lipinski definition) is 0. The summed E-state index contributed by atoms with van der Waals surface area (Å²) in [5.74, 6) is -0.368.